The summed E-state index contributed by atoms with van der Waals surface area (Å²) in [6.07, 6.45) is 2.49. The second-order valence-corrected chi connectivity index (χ2v) is 4.52. The number of hydrogen-bond acceptors (Lipinski definition) is 3. The lowest BCUT2D eigenvalue weighted by atomic mass is 10.2. The van der Waals surface area contributed by atoms with Crippen molar-refractivity contribution in [2.24, 2.45) is 5.73 Å². The van der Waals surface area contributed by atoms with E-state index in [1.165, 1.54) is 18.5 Å². The summed E-state index contributed by atoms with van der Waals surface area (Å²) in [6.45, 7) is 3.88. The molecule has 2 rings (SSSR count). The molecular formula is C13H21Cl2N3O. The van der Waals surface area contributed by atoms with Crippen molar-refractivity contribution in [2.75, 3.05) is 23.3 Å². The molecule has 0 aromatic heterocycles. The molecule has 6 heteroatoms. The smallest absolute Gasteiger partial charge is 0.240 e. The third-order valence-electron chi connectivity index (χ3n) is 3.00. The summed E-state index contributed by atoms with van der Waals surface area (Å²) in [6, 6.07) is 7.45. The number of hydrogen-bond donors (Lipinski definition) is 2. The first-order valence-corrected chi connectivity index (χ1v) is 6.08. The van der Waals surface area contributed by atoms with E-state index < -0.39 is 6.04 Å². The van der Waals surface area contributed by atoms with Gasteiger partial charge in [0.1, 0.15) is 0 Å². The Morgan fingerprint density at radius 2 is 1.95 bits per heavy atom. The molecule has 108 valence electrons. The van der Waals surface area contributed by atoms with Crippen molar-refractivity contribution in [3.63, 3.8) is 0 Å². The average molecular weight is 306 g/mol. The summed E-state index contributed by atoms with van der Waals surface area (Å²) >= 11 is 0. The number of halogens is 2. The maximum atomic E-state index is 11.5. The van der Waals surface area contributed by atoms with Crippen LogP contribution in [-0.2, 0) is 4.79 Å². The van der Waals surface area contributed by atoms with E-state index in [1.807, 2.05) is 18.2 Å². The highest BCUT2D eigenvalue weighted by atomic mass is 35.5. The molecular weight excluding hydrogens is 285 g/mol. The van der Waals surface area contributed by atoms with Gasteiger partial charge in [-0.05, 0) is 38.0 Å². The zero-order valence-electron chi connectivity index (χ0n) is 11.0. The average Bonchev–Trinajstić information content (AvgIpc) is 2.82. The first-order valence-electron chi connectivity index (χ1n) is 6.08. The first kappa shape index (κ1) is 18.0. The van der Waals surface area contributed by atoms with Crippen molar-refractivity contribution in [2.45, 2.75) is 25.8 Å². The molecule has 0 radical (unpaired) electrons. The number of nitrogens with zero attached hydrogens (tertiary/aromatic N) is 1. The molecule has 1 aliphatic rings. The van der Waals surface area contributed by atoms with E-state index >= 15 is 0 Å². The Kier molecular flexibility index (Phi) is 7.83. The van der Waals surface area contributed by atoms with E-state index in [9.17, 15) is 4.79 Å². The number of anilines is 2. The lowest BCUT2D eigenvalue weighted by Gasteiger charge is -2.18. The maximum Gasteiger partial charge on any atom is 0.240 e. The summed E-state index contributed by atoms with van der Waals surface area (Å²) in [5.74, 6) is -0.149. The molecule has 1 fully saturated rings. The number of nitrogens with two attached hydrogens (primary N) is 1. The van der Waals surface area contributed by atoms with Gasteiger partial charge in [0.2, 0.25) is 5.91 Å². The third kappa shape index (κ3) is 4.90. The first-order chi connectivity index (χ1) is 8.16. The Labute approximate surface area is 126 Å². The SMILES string of the molecule is C[C@H](N)C(=O)Nc1cccc(N2CCCC2)c1.Cl.Cl. The summed E-state index contributed by atoms with van der Waals surface area (Å²) < 4.78 is 0. The topological polar surface area (TPSA) is 58.4 Å². The van der Waals surface area contributed by atoms with Crippen molar-refractivity contribution in [1.29, 1.82) is 0 Å². The maximum absolute atomic E-state index is 11.5. The molecule has 0 spiro atoms. The van der Waals surface area contributed by atoms with Crippen molar-refractivity contribution in [3.8, 4) is 0 Å². The zero-order chi connectivity index (χ0) is 12.3. The molecule has 1 atom stereocenters. The van der Waals surface area contributed by atoms with Gasteiger partial charge in [0, 0.05) is 24.5 Å². The number of benzene rings is 1. The van der Waals surface area contributed by atoms with Gasteiger partial charge in [-0.25, -0.2) is 0 Å². The Hall–Kier alpha value is -0.970. The number of carbonyl (C=O) groups is 1. The number of carbonyl (C=O) groups excluding carboxylic acids is 1. The van der Waals surface area contributed by atoms with Gasteiger partial charge in [-0.3, -0.25) is 4.79 Å². The van der Waals surface area contributed by atoms with Crippen LogP contribution in [0.3, 0.4) is 0 Å². The fraction of sp³-hybridized carbons (Fsp3) is 0.462. The molecule has 0 aliphatic carbocycles. The standard InChI is InChI=1S/C13H19N3O.2ClH/c1-10(14)13(17)15-11-5-4-6-12(9-11)16-7-2-3-8-16;;/h4-6,9-10H,2-3,7-8,14H2,1H3,(H,15,17);2*1H/t10-;;/m0../s1. The number of nitrogens with one attached hydrogen (secondary N) is 1. The third-order valence-corrected chi connectivity index (χ3v) is 3.00. The van der Waals surface area contributed by atoms with E-state index in [4.69, 9.17) is 5.73 Å². The minimum Gasteiger partial charge on any atom is -0.371 e. The fourth-order valence-electron chi connectivity index (χ4n) is 2.01. The molecule has 1 aromatic rings. The van der Waals surface area contributed by atoms with Crippen molar-refractivity contribution in [1.82, 2.24) is 0 Å². The molecule has 19 heavy (non-hydrogen) atoms. The van der Waals surface area contributed by atoms with Crippen LogP contribution in [0.25, 0.3) is 0 Å². The van der Waals surface area contributed by atoms with Crippen LogP contribution in [-0.4, -0.2) is 25.0 Å². The molecule has 1 aromatic carbocycles. The molecule has 1 saturated heterocycles. The van der Waals surface area contributed by atoms with E-state index in [0.717, 1.165) is 18.8 Å². The minimum absolute atomic E-state index is 0. The molecule has 0 saturated carbocycles. The predicted molar refractivity (Wildman–Crippen MR) is 84.7 cm³/mol. The van der Waals surface area contributed by atoms with Crippen LogP contribution >= 0.6 is 24.8 Å². The van der Waals surface area contributed by atoms with Crippen LogP contribution in [0.15, 0.2) is 24.3 Å². The monoisotopic (exact) mass is 305 g/mol. The van der Waals surface area contributed by atoms with Gasteiger partial charge < -0.3 is 16.0 Å². The van der Waals surface area contributed by atoms with E-state index in [0.29, 0.717) is 0 Å². The van der Waals surface area contributed by atoms with E-state index in [-0.39, 0.29) is 30.7 Å². The molecule has 1 heterocycles. The van der Waals surface area contributed by atoms with Gasteiger partial charge in [0.15, 0.2) is 0 Å². The Balaban J connectivity index is 0.00000162. The van der Waals surface area contributed by atoms with Crippen molar-refractivity contribution in [3.05, 3.63) is 24.3 Å². The lowest BCUT2D eigenvalue weighted by Crippen LogP contribution is -2.32. The van der Waals surface area contributed by atoms with E-state index in [2.05, 4.69) is 16.3 Å². The Bertz CT molecular complexity index is 407. The fourth-order valence-corrected chi connectivity index (χ4v) is 2.01. The van der Waals surface area contributed by atoms with Crippen LogP contribution in [0.2, 0.25) is 0 Å². The van der Waals surface area contributed by atoms with Gasteiger partial charge in [0.25, 0.3) is 0 Å². The second kappa shape index (κ2) is 8.25. The van der Waals surface area contributed by atoms with Crippen LogP contribution in [0.5, 0.6) is 0 Å². The summed E-state index contributed by atoms with van der Waals surface area (Å²) in [5, 5.41) is 2.81. The summed E-state index contributed by atoms with van der Waals surface area (Å²) in [7, 11) is 0. The molecule has 4 nitrogen and oxygen atoms in total. The molecule has 1 amide bonds. The minimum atomic E-state index is -0.481. The molecule has 1 aliphatic heterocycles. The summed E-state index contributed by atoms with van der Waals surface area (Å²) in [4.78, 5) is 13.8. The van der Waals surface area contributed by atoms with Gasteiger partial charge in [-0.15, -0.1) is 24.8 Å². The van der Waals surface area contributed by atoms with Crippen LogP contribution in [0.4, 0.5) is 11.4 Å². The molecule has 0 bridgehead atoms. The highest BCUT2D eigenvalue weighted by molar-refractivity contribution is 5.94. The summed E-state index contributed by atoms with van der Waals surface area (Å²) in [5.41, 5.74) is 7.51. The highest BCUT2D eigenvalue weighted by Gasteiger charge is 2.13. The largest absolute Gasteiger partial charge is 0.371 e. The van der Waals surface area contributed by atoms with Crippen molar-refractivity contribution >= 4 is 42.1 Å². The number of rotatable bonds is 3. The van der Waals surface area contributed by atoms with Crippen LogP contribution in [0.1, 0.15) is 19.8 Å². The van der Waals surface area contributed by atoms with Gasteiger partial charge in [-0.2, -0.15) is 0 Å². The molecule has 0 unspecified atom stereocenters. The number of amides is 1. The van der Waals surface area contributed by atoms with E-state index in [1.54, 1.807) is 6.92 Å². The predicted octanol–water partition coefficient (Wildman–Crippen LogP) is 2.42. The van der Waals surface area contributed by atoms with Gasteiger partial charge >= 0.3 is 0 Å². The zero-order valence-corrected chi connectivity index (χ0v) is 12.6. The normalized spacial score (nSPS) is 15.2. The van der Waals surface area contributed by atoms with Crippen molar-refractivity contribution < 1.29 is 4.79 Å². The quantitative estimate of drug-likeness (QED) is 0.901. The van der Waals surface area contributed by atoms with Crippen LogP contribution < -0.4 is 16.0 Å². The lowest BCUT2D eigenvalue weighted by molar-refractivity contribution is -0.117. The second-order valence-electron chi connectivity index (χ2n) is 4.52. The van der Waals surface area contributed by atoms with Crippen LogP contribution in [0, 0.1) is 0 Å². The van der Waals surface area contributed by atoms with Gasteiger partial charge in [-0.1, -0.05) is 6.07 Å². The Morgan fingerprint density at radius 1 is 1.32 bits per heavy atom. The molecule has 3 N–H and O–H groups in total. The highest BCUT2D eigenvalue weighted by Crippen LogP contribution is 2.23. The Morgan fingerprint density at radius 3 is 2.53 bits per heavy atom. The van der Waals surface area contributed by atoms with Gasteiger partial charge in [0.05, 0.1) is 6.04 Å².